The standard InChI is InChI=1S/C12H16BrNO/c1-2-11-8-15-12(7-14-11)9-3-5-10(13)6-4-9/h3-6,11-12,14H,2,7-8H2,1H3. The van der Waals surface area contributed by atoms with Crippen LogP contribution in [0.15, 0.2) is 28.7 Å². The Labute approximate surface area is 99.1 Å². The zero-order chi connectivity index (χ0) is 10.7. The first-order valence-corrected chi connectivity index (χ1v) is 6.19. The summed E-state index contributed by atoms with van der Waals surface area (Å²) in [5.74, 6) is 0. The van der Waals surface area contributed by atoms with Crippen LogP contribution < -0.4 is 5.32 Å². The quantitative estimate of drug-likeness (QED) is 0.892. The van der Waals surface area contributed by atoms with Crippen LogP contribution in [0.5, 0.6) is 0 Å². The molecule has 15 heavy (non-hydrogen) atoms. The van der Waals surface area contributed by atoms with Crippen molar-refractivity contribution in [1.29, 1.82) is 0 Å². The van der Waals surface area contributed by atoms with Crippen LogP contribution in [0.3, 0.4) is 0 Å². The van der Waals surface area contributed by atoms with E-state index in [1.54, 1.807) is 0 Å². The molecule has 0 bridgehead atoms. The molecule has 2 unspecified atom stereocenters. The van der Waals surface area contributed by atoms with Gasteiger partial charge in [-0.3, -0.25) is 0 Å². The average Bonchev–Trinajstić information content (AvgIpc) is 2.30. The zero-order valence-corrected chi connectivity index (χ0v) is 10.5. The lowest BCUT2D eigenvalue weighted by Crippen LogP contribution is -2.42. The summed E-state index contributed by atoms with van der Waals surface area (Å²) in [7, 11) is 0. The third kappa shape index (κ3) is 2.80. The molecule has 0 radical (unpaired) electrons. The van der Waals surface area contributed by atoms with Crippen LogP contribution in [-0.4, -0.2) is 19.2 Å². The molecule has 0 amide bonds. The first-order valence-electron chi connectivity index (χ1n) is 5.40. The lowest BCUT2D eigenvalue weighted by atomic mass is 10.1. The van der Waals surface area contributed by atoms with Gasteiger partial charge in [0.25, 0.3) is 0 Å². The molecule has 0 spiro atoms. The molecule has 1 saturated heterocycles. The second-order valence-electron chi connectivity index (χ2n) is 3.89. The smallest absolute Gasteiger partial charge is 0.0950 e. The van der Waals surface area contributed by atoms with Gasteiger partial charge in [0.2, 0.25) is 0 Å². The summed E-state index contributed by atoms with van der Waals surface area (Å²) >= 11 is 3.43. The molecular formula is C12H16BrNO. The summed E-state index contributed by atoms with van der Waals surface area (Å²) in [4.78, 5) is 0. The third-order valence-electron chi connectivity index (χ3n) is 2.83. The maximum absolute atomic E-state index is 5.83. The fraction of sp³-hybridized carbons (Fsp3) is 0.500. The Morgan fingerprint density at radius 3 is 2.67 bits per heavy atom. The Morgan fingerprint density at radius 2 is 2.13 bits per heavy atom. The summed E-state index contributed by atoms with van der Waals surface area (Å²) in [6, 6.07) is 8.87. The minimum absolute atomic E-state index is 0.209. The number of ether oxygens (including phenoxy) is 1. The molecular weight excluding hydrogens is 254 g/mol. The molecule has 3 heteroatoms. The van der Waals surface area contributed by atoms with Crippen LogP contribution in [0.2, 0.25) is 0 Å². The highest BCUT2D eigenvalue weighted by molar-refractivity contribution is 9.10. The highest BCUT2D eigenvalue weighted by Gasteiger charge is 2.20. The van der Waals surface area contributed by atoms with E-state index >= 15 is 0 Å². The Balaban J connectivity index is 1.98. The molecule has 1 aliphatic heterocycles. The van der Waals surface area contributed by atoms with Crippen molar-refractivity contribution in [2.24, 2.45) is 0 Å². The van der Waals surface area contributed by atoms with Gasteiger partial charge >= 0.3 is 0 Å². The van der Waals surface area contributed by atoms with Gasteiger partial charge in [0.1, 0.15) is 0 Å². The maximum atomic E-state index is 5.83. The predicted octanol–water partition coefficient (Wildman–Crippen LogP) is 2.89. The number of hydrogen-bond donors (Lipinski definition) is 1. The number of nitrogens with one attached hydrogen (secondary N) is 1. The molecule has 2 rings (SSSR count). The molecule has 0 aromatic heterocycles. The topological polar surface area (TPSA) is 21.3 Å². The van der Waals surface area contributed by atoms with Gasteiger partial charge in [-0.2, -0.15) is 0 Å². The summed E-state index contributed by atoms with van der Waals surface area (Å²) in [5.41, 5.74) is 1.25. The largest absolute Gasteiger partial charge is 0.371 e. The van der Waals surface area contributed by atoms with E-state index in [1.807, 2.05) is 0 Å². The van der Waals surface area contributed by atoms with Crippen LogP contribution in [0.4, 0.5) is 0 Å². The SMILES string of the molecule is CCC1COC(c2ccc(Br)cc2)CN1. The molecule has 1 aliphatic rings. The number of morpholine rings is 1. The molecule has 82 valence electrons. The van der Waals surface area contributed by atoms with Crippen molar-refractivity contribution in [1.82, 2.24) is 5.32 Å². The Morgan fingerprint density at radius 1 is 1.40 bits per heavy atom. The normalized spacial score (nSPS) is 26.5. The van der Waals surface area contributed by atoms with Crippen molar-refractivity contribution < 1.29 is 4.74 Å². The highest BCUT2D eigenvalue weighted by atomic mass is 79.9. The van der Waals surface area contributed by atoms with Gasteiger partial charge < -0.3 is 10.1 Å². The number of halogens is 1. The molecule has 2 atom stereocenters. The third-order valence-corrected chi connectivity index (χ3v) is 3.35. The van der Waals surface area contributed by atoms with Gasteiger partial charge in [0.15, 0.2) is 0 Å². The summed E-state index contributed by atoms with van der Waals surface area (Å²) in [6.45, 7) is 3.92. The van der Waals surface area contributed by atoms with E-state index in [0.717, 1.165) is 24.0 Å². The van der Waals surface area contributed by atoms with Gasteiger partial charge in [0.05, 0.1) is 12.7 Å². The van der Waals surface area contributed by atoms with Gasteiger partial charge in [-0.25, -0.2) is 0 Å². The molecule has 0 saturated carbocycles. The van der Waals surface area contributed by atoms with Crippen molar-refractivity contribution in [3.63, 3.8) is 0 Å². The van der Waals surface area contributed by atoms with E-state index in [-0.39, 0.29) is 6.10 Å². The summed E-state index contributed by atoms with van der Waals surface area (Å²) in [5, 5.41) is 3.50. The number of hydrogen-bond acceptors (Lipinski definition) is 2. The second kappa shape index (κ2) is 5.10. The van der Waals surface area contributed by atoms with Gasteiger partial charge in [-0.15, -0.1) is 0 Å². The molecule has 1 fully saturated rings. The molecule has 1 aromatic rings. The fourth-order valence-electron chi connectivity index (χ4n) is 1.78. The predicted molar refractivity (Wildman–Crippen MR) is 64.9 cm³/mol. The van der Waals surface area contributed by atoms with Crippen LogP contribution in [-0.2, 0) is 4.74 Å². The van der Waals surface area contributed by atoms with Crippen LogP contribution >= 0.6 is 15.9 Å². The first-order chi connectivity index (χ1) is 7.29. The van der Waals surface area contributed by atoms with Gasteiger partial charge in [-0.05, 0) is 24.1 Å². The molecule has 0 aliphatic carbocycles. The van der Waals surface area contributed by atoms with E-state index in [4.69, 9.17) is 4.74 Å². The van der Waals surface area contributed by atoms with Crippen molar-refractivity contribution in [3.05, 3.63) is 34.3 Å². The van der Waals surface area contributed by atoms with Crippen LogP contribution in [0.1, 0.15) is 25.0 Å². The fourth-order valence-corrected chi connectivity index (χ4v) is 2.04. The van der Waals surface area contributed by atoms with Crippen LogP contribution in [0, 0.1) is 0 Å². The second-order valence-corrected chi connectivity index (χ2v) is 4.80. The lowest BCUT2D eigenvalue weighted by Gasteiger charge is -2.30. The van der Waals surface area contributed by atoms with E-state index in [0.29, 0.717) is 6.04 Å². The Hall–Kier alpha value is -0.380. The lowest BCUT2D eigenvalue weighted by molar-refractivity contribution is 0.00222. The number of benzene rings is 1. The van der Waals surface area contributed by atoms with E-state index < -0.39 is 0 Å². The van der Waals surface area contributed by atoms with E-state index in [9.17, 15) is 0 Å². The highest BCUT2D eigenvalue weighted by Crippen LogP contribution is 2.22. The monoisotopic (exact) mass is 269 g/mol. The summed E-state index contributed by atoms with van der Waals surface area (Å²) < 4.78 is 6.94. The molecule has 1 heterocycles. The van der Waals surface area contributed by atoms with Crippen molar-refractivity contribution >= 4 is 15.9 Å². The van der Waals surface area contributed by atoms with E-state index in [1.165, 1.54) is 5.56 Å². The zero-order valence-electron chi connectivity index (χ0n) is 8.87. The Bertz CT molecular complexity index is 304. The van der Waals surface area contributed by atoms with Crippen LogP contribution in [0.25, 0.3) is 0 Å². The van der Waals surface area contributed by atoms with Crippen molar-refractivity contribution in [2.75, 3.05) is 13.2 Å². The van der Waals surface area contributed by atoms with Crippen molar-refractivity contribution in [3.8, 4) is 0 Å². The van der Waals surface area contributed by atoms with Crippen molar-refractivity contribution in [2.45, 2.75) is 25.5 Å². The minimum Gasteiger partial charge on any atom is -0.371 e. The Kier molecular flexibility index (Phi) is 3.78. The molecule has 1 aromatic carbocycles. The minimum atomic E-state index is 0.209. The first kappa shape index (κ1) is 11.1. The van der Waals surface area contributed by atoms with Gasteiger partial charge in [-0.1, -0.05) is 35.0 Å². The average molecular weight is 270 g/mol. The van der Waals surface area contributed by atoms with Gasteiger partial charge in [0, 0.05) is 17.1 Å². The van der Waals surface area contributed by atoms with E-state index in [2.05, 4.69) is 52.4 Å². The molecule has 1 N–H and O–H groups in total. The molecule has 2 nitrogen and oxygen atoms in total. The maximum Gasteiger partial charge on any atom is 0.0950 e. The number of rotatable bonds is 2. The summed E-state index contributed by atoms with van der Waals surface area (Å²) in [6.07, 6.45) is 1.34.